The quantitative estimate of drug-likeness (QED) is 0.407. The van der Waals surface area contributed by atoms with E-state index < -0.39 is 5.79 Å². The predicted molar refractivity (Wildman–Crippen MR) is 157 cm³/mol. The Labute approximate surface area is 231 Å². The van der Waals surface area contributed by atoms with Crippen molar-refractivity contribution >= 4 is 0 Å². The number of benzene rings is 2. The van der Waals surface area contributed by atoms with Gasteiger partial charge in [0, 0.05) is 16.5 Å². The van der Waals surface area contributed by atoms with Gasteiger partial charge >= 0.3 is 0 Å². The first-order chi connectivity index (χ1) is 17.7. The molecule has 0 aromatic heterocycles. The maximum Gasteiger partial charge on any atom is 0.222 e. The molecule has 2 nitrogen and oxygen atoms in total. The lowest BCUT2D eigenvalue weighted by atomic mass is 9.52. The molecule has 3 aliphatic carbocycles. The van der Waals surface area contributed by atoms with Crippen LogP contribution >= 0.6 is 0 Å². The van der Waals surface area contributed by atoms with E-state index in [0.717, 1.165) is 41.1 Å². The first-order valence-electron chi connectivity index (χ1n) is 15.2. The predicted octanol–water partition coefficient (Wildman–Crippen LogP) is 9.09. The summed E-state index contributed by atoms with van der Waals surface area (Å²) in [6, 6.07) is 14.1. The van der Waals surface area contributed by atoms with Gasteiger partial charge in [-0.25, -0.2) is 0 Å². The van der Waals surface area contributed by atoms with Gasteiger partial charge in [-0.3, -0.25) is 0 Å². The Morgan fingerprint density at radius 2 is 1.42 bits per heavy atom. The lowest BCUT2D eigenvalue weighted by Crippen LogP contribution is -2.47. The summed E-state index contributed by atoms with van der Waals surface area (Å²) in [7, 11) is 0. The highest BCUT2D eigenvalue weighted by Crippen LogP contribution is 2.74. The third-order valence-electron chi connectivity index (χ3n) is 10.7. The number of hydrogen-bond donors (Lipinski definition) is 0. The van der Waals surface area contributed by atoms with Gasteiger partial charge in [-0.15, -0.1) is 0 Å². The molecule has 0 N–H and O–H groups in total. The van der Waals surface area contributed by atoms with Crippen LogP contribution in [-0.2, 0) is 20.7 Å². The fourth-order valence-electron chi connectivity index (χ4n) is 9.39. The van der Waals surface area contributed by atoms with E-state index in [9.17, 15) is 0 Å². The molecule has 1 heterocycles. The molecule has 1 saturated heterocycles. The van der Waals surface area contributed by atoms with Crippen molar-refractivity contribution in [2.75, 3.05) is 13.2 Å². The average molecular weight is 515 g/mol. The summed E-state index contributed by atoms with van der Waals surface area (Å²) in [4.78, 5) is 0. The van der Waals surface area contributed by atoms with Crippen LogP contribution in [0.1, 0.15) is 120 Å². The topological polar surface area (TPSA) is 18.5 Å². The summed E-state index contributed by atoms with van der Waals surface area (Å²) in [6.07, 6.45) is 2.73. The molecule has 2 aromatic rings. The molecular weight excluding hydrogens is 464 g/mol. The summed E-state index contributed by atoms with van der Waals surface area (Å²) in [5.41, 5.74) is 8.70. The molecule has 1 aliphatic heterocycles. The third kappa shape index (κ3) is 3.80. The van der Waals surface area contributed by atoms with Crippen molar-refractivity contribution in [3.05, 3.63) is 69.8 Å². The number of hydrogen-bond acceptors (Lipinski definition) is 2. The standard InChI is InChI=1S/C36H50O2/c1-11-24-27-18-28(32(24)34(6,7)8)30-25-14-12-23(17-26(25)31(27)30)36(37-19-35(9,10)20-38-36)22-13-15-29(21(2)16-22)33(3,4)5/h12-17,24,27-28,30-32H,11,18-20H2,1-10H3. The van der Waals surface area contributed by atoms with E-state index in [4.69, 9.17) is 9.47 Å². The molecule has 6 atom stereocenters. The molecule has 206 valence electrons. The fraction of sp³-hybridized carbons (Fsp3) is 0.667. The van der Waals surface area contributed by atoms with E-state index in [2.05, 4.69) is 106 Å². The van der Waals surface area contributed by atoms with Crippen LogP contribution in [0.25, 0.3) is 0 Å². The van der Waals surface area contributed by atoms with Crippen molar-refractivity contribution in [3.8, 4) is 0 Å². The summed E-state index contributed by atoms with van der Waals surface area (Å²) in [6.45, 7) is 24.8. The van der Waals surface area contributed by atoms with Gasteiger partial charge in [0.15, 0.2) is 0 Å². The molecule has 2 bridgehead atoms. The highest BCUT2D eigenvalue weighted by Gasteiger charge is 2.64. The van der Waals surface area contributed by atoms with Gasteiger partial charge in [-0.1, -0.05) is 99.1 Å². The van der Waals surface area contributed by atoms with Gasteiger partial charge in [0.05, 0.1) is 13.2 Å². The van der Waals surface area contributed by atoms with Crippen molar-refractivity contribution in [1.82, 2.24) is 0 Å². The van der Waals surface area contributed by atoms with Crippen LogP contribution in [0.2, 0.25) is 0 Å². The van der Waals surface area contributed by atoms with E-state index in [1.54, 1.807) is 11.1 Å². The Bertz CT molecular complexity index is 1230. The molecule has 4 aliphatic rings. The van der Waals surface area contributed by atoms with E-state index in [1.807, 2.05) is 0 Å². The number of rotatable bonds is 3. The Balaban J connectivity index is 1.41. The van der Waals surface area contributed by atoms with Crippen molar-refractivity contribution in [2.45, 2.75) is 105 Å². The number of fused-ring (bicyclic) bond motifs is 8. The normalized spacial score (nSPS) is 33.0. The maximum absolute atomic E-state index is 6.81. The lowest BCUT2D eigenvalue weighted by molar-refractivity contribution is -0.284. The van der Waals surface area contributed by atoms with Gasteiger partial charge in [0.25, 0.3) is 0 Å². The Kier molecular flexibility index (Phi) is 5.90. The molecule has 6 unspecified atom stereocenters. The van der Waals surface area contributed by atoms with Crippen molar-refractivity contribution in [1.29, 1.82) is 0 Å². The fourth-order valence-corrected chi connectivity index (χ4v) is 9.39. The van der Waals surface area contributed by atoms with Crippen molar-refractivity contribution < 1.29 is 9.47 Å². The molecule has 2 heteroatoms. The summed E-state index contributed by atoms with van der Waals surface area (Å²) < 4.78 is 13.6. The van der Waals surface area contributed by atoms with Crippen LogP contribution in [0, 0.1) is 41.4 Å². The summed E-state index contributed by atoms with van der Waals surface area (Å²) in [5, 5.41) is 0. The average Bonchev–Trinajstić information content (AvgIpc) is 3.33. The minimum absolute atomic E-state index is 0.00967. The lowest BCUT2D eigenvalue weighted by Gasteiger charge is -2.53. The van der Waals surface area contributed by atoms with E-state index in [0.29, 0.717) is 18.6 Å². The molecule has 6 rings (SSSR count). The smallest absolute Gasteiger partial charge is 0.222 e. The third-order valence-corrected chi connectivity index (χ3v) is 10.7. The number of aryl methyl sites for hydroxylation is 1. The van der Waals surface area contributed by atoms with Crippen LogP contribution in [-0.4, -0.2) is 13.2 Å². The van der Waals surface area contributed by atoms with Gasteiger partial charge in [-0.05, 0) is 88.0 Å². The molecule has 2 saturated carbocycles. The zero-order valence-electron chi connectivity index (χ0n) is 25.6. The SMILES string of the molecule is CCC1C2CC(C3c4ccc(C5(c6ccc(C(C)(C)C)c(C)c6)OCC(C)(C)CO5)cc4C23)C1C(C)(C)C. The van der Waals surface area contributed by atoms with Crippen molar-refractivity contribution in [3.63, 3.8) is 0 Å². The maximum atomic E-state index is 6.81. The Hall–Kier alpha value is -1.64. The molecule has 0 radical (unpaired) electrons. The first-order valence-corrected chi connectivity index (χ1v) is 15.2. The molecule has 2 aromatic carbocycles. The Morgan fingerprint density at radius 3 is 2.00 bits per heavy atom. The van der Waals surface area contributed by atoms with Crippen LogP contribution in [0.4, 0.5) is 0 Å². The van der Waals surface area contributed by atoms with E-state index in [1.165, 1.54) is 29.5 Å². The monoisotopic (exact) mass is 514 g/mol. The molecule has 0 spiro atoms. The highest BCUT2D eigenvalue weighted by atomic mass is 16.7. The van der Waals surface area contributed by atoms with Gasteiger partial charge in [-0.2, -0.15) is 0 Å². The number of ether oxygens (including phenoxy) is 2. The minimum Gasteiger partial charge on any atom is -0.342 e. The van der Waals surface area contributed by atoms with Crippen LogP contribution in [0.3, 0.4) is 0 Å². The van der Waals surface area contributed by atoms with Crippen LogP contribution < -0.4 is 0 Å². The van der Waals surface area contributed by atoms with Gasteiger partial charge in [0.2, 0.25) is 5.79 Å². The first kappa shape index (κ1) is 26.6. The molecule has 38 heavy (non-hydrogen) atoms. The minimum atomic E-state index is -0.841. The summed E-state index contributed by atoms with van der Waals surface area (Å²) in [5.74, 6) is 4.01. The molecule has 0 amide bonds. The Morgan fingerprint density at radius 1 is 0.816 bits per heavy atom. The van der Waals surface area contributed by atoms with Gasteiger partial charge < -0.3 is 9.47 Å². The molecule has 3 fully saturated rings. The summed E-state index contributed by atoms with van der Waals surface area (Å²) >= 11 is 0. The second kappa shape index (κ2) is 8.43. The van der Waals surface area contributed by atoms with Crippen LogP contribution in [0.5, 0.6) is 0 Å². The van der Waals surface area contributed by atoms with Gasteiger partial charge in [0.1, 0.15) is 0 Å². The largest absolute Gasteiger partial charge is 0.342 e. The molecular formula is C36H50O2. The highest BCUT2D eigenvalue weighted by molar-refractivity contribution is 5.53. The second-order valence-corrected chi connectivity index (χ2v) is 16.1. The van der Waals surface area contributed by atoms with Crippen molar-refractivity contribution in [2.24, 2.45) is 34.5 Å². The van der Waals surface area contributed by atoms with Crippen LogP contribution in [0.15, 0.2) is 36.4 Å². The second-order valence-electron chi connectivity index (χ2n) is 16.1. The zero-order valence-corrected chi connectivity index (χ0v) is 25.6. The van der Waals surface area contributed by atoms with E-state index in [-0.39, 0.29) is 10.8 Å². The van der Waals surface area contributed by atoms with E-state index >= 15 is 0 Å². The zero-order chi connectivity index (χ0) is 27.4.